The van der Waals surface area contributed by atoms with Crippen LogP contribution in [0, 0.1) is 0 Å². The maximum atomic E-state index is 14.3. The summed E-state index contributed by atoms with van der Waals surface area (Å²) in [7, 11) is -0.376. The Hall–Kier alpha value is -4.69. The van der Waals surface area contributed by atoms with Gasteiger partial charge in [-0.1, -0.05) is 61.0 Å². The summed E-state index contributed by atoms with van der Waals surface area (Å²) in [5.74, 6) is -2.70. The molecule has 3 aromatic carbocycles. The number of nitrogens with zero attached hydrogens (tertiary/aromatic N) is 3. The van der Waals surface area contributed by atoms with E-state index in [0.29, 0.717) is 24.6 Å². The van der Waals surface area contributed by atoms with Crippen molar-refractivity contribution in [1.82, 2.24) is 14.9 Å². The van der Waals surface area contributed by atoms with Crippen molar-refractivity contribution in [3.63, 3.8) is 0 Å². The van der Waals surface area contributed by atoms with Gasteiger partial charge in [0.2, 0.25) is 21.8 Å². The molecule has 1 saturated heterocycles. The zero-order chi connectivity index (χ0) is 34.1. The van der Waals surface area contributed by atoms with Gasteiger partial charge >= 0.3 is 5.97 Å². The number of carboxylic acid groups (broad SMARTS) is 1. The smallest absolute Gasteiger partial charge is 0.326 e. The Kier molecular flexibility index (Phi) is 11.8. The highest BCUT2D eigenvalue weighted by Gasteiger charge is 2.40. The molecule has 13 nitrogen and oxygen atoms in total. The predicted molar refractivity (Wildman–Crippen MR) is 181 cm³/mol. The van der Waals surface area contributed by atoms with E-state index in [9.17, 15) is 27.9 Å². The zero-order valence-corrected chi connectivity index (χ0v) is 27.4. The Morgan fingerprint density at radius 1 is 0.957 bits per heavy atom. The molecule has 0 saturated carbocycles. The molecule has 0 spiro atoms. The molecule has 0 aliphatic carbocycles. The Labute approximate surface area is 275 Å². The van der Waals surface area contributed by atoms with Crippen LogP contribution in [0.25, 0.3) is 10.8 Å². The topological polar surface area (TPSA) is 201 Å². The predicted octanol–water partition coefficient (Wildman–Crippen LogP) is 1.80. The average molecular weight is 666 g/mol. The molecule has 0 unspecified atom stereocenters. The normalized spacial score (nSPS) is 16.5. The number of carbonyl (C=O) groups is 3. The monoisotopic (exact) mass is 665 g/mol. The number of nitrogens with two attached hydrogens (primary N) is 2. The molecule has 3 aromatic rings. The van der Waals surface area contributed by atoms with Crippen LogP contribution < -0.4 is 27.0 Å². The highest BCUT2D eigenvalue weighted by molar-refractivity contribution is 7.89. The fraction of sp³-hybridized carbons (Fsp3) is 0.394. The van der Waals surface area contributed by atoms with E-state index in [4.69, 9.17) is 11.5 Å². The fourth-order valence-corrected chi connectivity index (χ4v) is 7.69. The lowest BCUT2D eigenvalue weighted by Crippen LogP contribution is -2.58. The average Bonchev–Trinajstić information content (AvgIpc) is 3.05. The summed E-state index contributed by atoms with van der Waals surface area (Å²) in [5, 5.41) is 16.4. The fourth-order valence-electron chi connectivity index (χ4n) is 5.82. The third-order valence-corrected chi connectivity index (χ3v) is 10.1. The second-order valence-electron chi connectivity index (χ2n) is 11.7. The van der Waals surface area contributed by atoms with Crippen molar-refractivity contribution in [1.29, 1.82) is 0 Å². The number of aliphatic imine (C=N–C) groups is 1. The maximum Gasteiger partial charge on any atom is 0.326 e. The molecular weight excluding hydrogens is 622 g/mol. The van der Waals surface area contributed by atoms with Crippen LogP contribution in [-0.4, -0.2) is 86.9 Å². The maximum absolute atomic E-state index is 14.3. The van der Waals surface area contributed by atoms with E-state index in [1.807, 2.05) is 37.2 Å². The number of amides is 2. The summed E-state index contributed by atoms with van der Waals surface area (Å²) >= 11 is 0. The molecule has 0 radical (unpaired) electrons. The number of sulfonamides is 1. The van der Waals surface area contributed by atoms with Crippen molar-refractivity contribution in [2.24, 2.45) is 16.5 Å². The number of carbonyl (C=O) groups excluding carboxylic acids is 2. The van der Waals surface area contributed by atoms with E-state index in [1.165, 1.54) is 4.31 Å². The Bertz CT molecular complexity index is 1710. The molecule has 2 amide bonds. The number of nitrogens with one attached hydrogen (secondary N) is 2. The van der Waals surface area contributed by atoms with Gasteiger partial charge < -0.3 is 32.1 Å². The van der Waals surface area contributed by atoms with Gasteiger partial charge in [0.15, 0.2) is 5.96 Å². The van der Waals surface area contributed by atoms with E-state index in [2.05, 4.69) is 15.6 Å². The number of piperidine rings is 1. The largest absolute Gasteiger partial charge is 0.480 e. The first-order valence-electron chi connectivity index (χ1n) is 15.5. The lowest BCUT2D eigenvalue weighted by molar-refractivity contribution is -0.142. The molecule has 0 aromatic heterocycles. The lowest BCUT2D eigenvalue weighted by Gasteiger charge is -2.35. The molecule has 1 aliphatic heterocycles. The van der Waals surface area contributed by atoms with E-state index >= 15 is 0 Å². The second kappa shape index (κ2) is 15.7. The molecule has 1 heterocycles. The van der Waals surface area contributed by atoms with Gasteiger partial charge in [-0.05, 0) is 43.4 Å². The lowest BCUT2D eigenvalue weighted by atomic mass is 10.0. The number of guanidine groups is 1. The first-order chi connectivity index (χ1) is 22.4. The molecule has 14 heteroatoms. The van der Waals surface area contributed by atoms with Gasteiger partial charge in [-0.2, -0.15) is 4.31 Å². The summed E-state index contributed by atoms with van der Waals surface area (Å²) in [6.07, 6.45) is 1.88. The molecular formula is C33H43N7O6S. The first-order valence-corrected chi connectivity index (χ1v) is 17.0. The molecule has 47 heavy (non-hydrogen) atoms. The van der Waals surface area contributed by atoms with E-state index < -0.39 is 45.9 Å². The minimum Gasteiger partial charge on any atom is -0.480 e. The summed E-state index contributed by atoms with van der Waals surface area (Å²) in [6.45, 7) is 0.321. The SMILES string of the molecule is CN(C)c1cccc2c(S(=O)(=O)N3CCCC[C@H]3C(=O)N[C@@H](Cc3ccccc3)C(=O)N[C@@H](CCCN=C(N)N)C(=O)O)cccc12. The van der Waals surface area contributed by atoms with Crippen LogP contribution in [0.2, 0.25) is 0 Å². The van der Waals surface area contributed by atoms with Gasteiger partial charge in [-0.25, -0.2) is 13.2 Å². The van der Waals surface area contributed by atoms with Gasteiger partial charge in [-0.15, -0.1) is 0 Å². The molecule has 252 valence electrons. The number of carboxylic acids is 1. The van der Waals surface area contributed by atoms with Crippen LogP contribution >= 0.6 is 0 Å². The van der Waals surface area contributed by atoms with Crippen LogP contribution in [0.3, 0.4) is 0 Å². The molecule has 7 N–H and O–H groups in total. The molecule has 3 atom stereocenters. The Morgan fingerprint density at radius 2 is 1.66 bits per heavy atom. The van der Waals surface area contributed by atoms with E-state index in [-0.39, 0.29) is 43.2 Å². The van der Waals surface area contributed by atoms with Gasteiger partial charge in [0, 0.05) is 50.1 Å². The summed E-state index contributed by atoms with van der Waals surface area (Å²) in [6, 6.07) is 16.0. The summed E-state index contributed by atoms with van der Waals surface area (Å²) in [5.41, 5.74) is 12.3. The van der Waals surface area contributed by atoms with Crippen LogP contribution in [0.5, 0.6) is 0 Å². The number of rotatable bonds is 14. The van der Waals surface area contributed by atoms with Crippen molar-refractivity contribution >= 4 is 50.2 Å². The molecule has 1 aliphatic rings. The Balaban J connectivity index is 1.60. The van der Waals surface area contributed by atoms with Crippen molar-refractivity contribution in [3.8, 4) is 0 Å². The second-order valence-corrected chi connectivity index (χ2v) is 13.6. The highest BCUT2D eigenvalue weighted by Crippen LogP contribution is 2.34. The van der Waals surface area contributed by atoms with Crippen molar-refractivity contribution in [2.45, 2.75) is 61.5 Å². The summed E-state index contributed by atoms with van der Waals surface area (Å²) in [4.78, 5) is 45.3. The van der Waals surface area contributed by atoms with Gasteiger partial charge in [-0.3, -0.25) is 14.6 Å². The van der Waals surface area contributed by atoms with Crippen LogP contribution in [-0.2, 0) is 30.8 Å². The van der Waals surface area contributed by atoms with Crippen molar-refractivity contribution < 1.29 is 27.9 Å². The Morgan fingerprint density at radius 3 is 2.34 bits per heavy atom. The minimum atomic E-state index is -4.14. The zero-order valence-electron chi connectivity index (χ0n) is 26.6. The first kappa shape index (κ1) is 35.2. The van der Waals surface area contributed by atoms with Crippen LogP contribution in [0.15, 0.2) is 76.6 Å². The van der Waals surface area contributed by atoms with Crippen LogP contribution in [0.4, 0.5) is 5.69 Å². The third kappa shape index (κ3) is 8.77. The van der Waals surface area contributed by atoms with E-state index in [1.54, 1.807) is 48.5 Å². The number of hydrogen-bond donors (Lipinski definition) is 5. The van der Waals surface area contributed by atoms with Crippen LogP contribution in [0.1, 0.15) is 37.7 Å². The van der Waals surface area contributed by atoms with Gasteiger partial charge in [0.25, 0.3) is 0 Å². The summed E-state index contributed by atoms with van der Waals surface area (Å²) < 4.78 is 29.7. The quantitative estimate of drug-likeness (QED) is 0.0967. The highest BCUT2D eigenvalue weighted by atomic mass is 32.2. The standard InChI is InChI=1S/C33H43N7O6S/c1-39(2)27-17-8-14-24-23(27)13-9-18-29(24)47(45,46)40-20-7-6-16-28(40)31(42)38-26(21-22-11-4-3-5-12-22)30(41)37-25(32(43)44)15-10-19-36-33(34)35/h3-5,8-9,11-14,17-18,25-26,28H,6-7,10,15-16,19-21H2,1-2H3,(H,37,41)(H,38,42)(H,43,44)(H4,34,35,36)/t25-,26-,28-/m0/s1. The van der Waals surface area contributed by atoms with Gasteiger partial charge in [0.05, 0.1) is 4.90 Å². The van der Waals surface area contributed by atoms with Crippen molar-refractivity contribution in [3.05, 3.63) is 72.3 Å². The number of hydrogen-bond acceptors (Lipinski definition) is 7. The molecule has 4 rings (SSSR count). The number of fused-ring (bicyclic) bond motifs is 1. The molecule has 0 bridgehead atoms. The molecule has 1 fully saturated rings. The third-order valence-electron chi connectivity index (χ3n) is 8.16. The number of anilines is 1. The minimum absolute atomic E-state index is 0.0546. The number of benzene rings is 3. The number of aliphatic carboxylic acids is 1. The van der Waals surface area contributed by atoms with E-state index in [0.717, 1.165) is 16.6 Å². The van der Waals surface area contributed by atoms with Crippen molar-refractivity contribution in [2.75, 3.05) is 32.1 Å². The van der Waals surface area contributed by atoms with Gasteiger partial charge in [0.1, 0.15) is 18.1 Å².